The van der Waals surface area contributed by atoms with Crippen LogP contribution in [0.25, 0.3) is 0 Å². The van der Waals surface area contributed by atoms with E-state index in [1.807, 2.05) is 0 Å². The molecule has 1 aliphatic carbocycles. The highest BCUT2D eigenvalue weighted by atomic mass is 16.6. The number of oxime groups is 1. The molecule has 0 unspecified atom stereocenters. The highest BCUT2D eigenvalue weighted by Gasteiger charge is 2.21. The van der Waals surface area contributed by atoms with Gasteiger partial charge in [-0.15, -0.1) is 0 Å². The Labute approximate surface area is 77.6 Å². The first kappa shape index (κ1) is 9.77. The molecule has 0 saturated heterocycles. The fraction of sp³-hybridized carbons (Fsp3) is 0.556. The number of rotatable bonds is 4. The van der Waals surface area contributed by atoms with E-state index >= 15 is 0 Å². The van der Waals surface area contributed by atoms with Crippen molar-refractivity contribution in [3.8, 4) is 0 Å². The predicted octanol–water partition coefficient (Wildman–Crippen LogP) is 0.701. The van der Waals surface area contributed by atoms with Gasteiger partial charge in [-0.25, -0.2) is 0 Å². The van der Waals surface area contributed by atoms with E-state index in [0.29, 0.717) is 12.5 Å². The first-order chi connectivity index (χ1) is 6.22. The molecule has 0 spiro atoms. The van der Waals surface area contributed by atoms with Gasteiger partial charge < -0.3 is 10.2 Å². The monoisotopic (exact) mass is 182 g/mol. The minimum Gasteiger partial charge on any atom is -0.399 e. The van der Waals surface area contributed by atoms with Gasteiger partial charge in [0.25, 0.3) is 5.91 Å². The number of nitrogens with zero attached hydrogens (tertiary/aromatic N) is 1. The number of hydrogen-bond acceptors (Lipinski definition) is 3. The molecular formula is C9H14N2O2. The van der Waals surface area contributed by atoms with Crippen molar-refractivity contribution in [2.75, 3.05) is 13.7 Å². The summed E-state index contributed by atoms with van der Waals surface area (Å²) in [5, 5.41) is 6.08. The fourth-order valence-corrected chi connectivity index (χ4v) is 1.29. The first-order valence-electron chi connectivity index (χ1n) is 4.23. The molecule has 72 valence electrons. The number of carbonyl (C=O) groups excluding carboxylic acids is 1. The van der Waals surface area contributed by atoms with Crippen molar-refractivity contribution in [3.05, 3.63) is 12.2 Å². The molecule has 0 aliphatic heterocycles. The standard InChI is InChI=1S/C9H14N2O2/c1-7-3-8(4-7)5-10-9(12)6-11-13-2/h6,8H,1,3-5H2,2H3,(H,10,12)/b11-6+. The van der Waals surface area contributed by atoms with Gasteiger partial charge in [0.1, 0.15) is 13.3 Å². The third-order valence-corrected chi connectivity index (χ3v) is 2.00. The third-order valence-electron chi connectivity index (χ3n) is 2.00. The maximum Gasteiger partial charge on any atom is 0.265 e. The smallest absolute Gasteiger partial charge is 0.265 e. The van der Waals surface area contributed by atoms with E-state index in [-0.39, 0.29) is 5.91 Å². The number of hydrogen-bond donors (Lipinski definition) is 1. The number of carbonyl (C=O) groups is 1. The molecule has 1 amide bonds. The molecule has 13 heavy (non-hydrogen) atoms. The summed E-state index contributed by atoms with van der Waals surface area (Å²) in [5.74, 6) is 0.353. The summed E-state index contributed by atoms with van der Waals surface area (Å²) in [6, 6.07) is 0. The molecule has 4 nitrogen and oxygen atoms in total. The van der Waals surface area contributed by atoms with Crippen LogP contribution in [0.2, 0.25) is 0 Å². The normalized spacial score (nSPS) is 17.2. The summed E-state index contributed by atoms with van der Waals surface area (Å²) in [6.45, 7) is 4.53. The molecule has 1 rings (SSSR count). The van der Waals surface area contributed by atoms with Crippen molar-refractivity contribution < 1.29 is 9.63 Å². The second-order valence-electron chi connectivity index (χ2n) is 3.19. The SMILES string of the molecule is C=C1CC(CNC(=O)/C=N/OC)C1. The minimum atomic E-state index is -0.209. The Hall–Kier alpha value is -1.32. The quantitative estimate of drug-likeness (QED) is 0.395. The third kappa shape index (κ3) is 3.27. The molecule has 4 heteroatoms. The van der Waals surface area contributed by atoms with Crippen LogP contribution in [0.5, 0.6) is 0 Å². The van der Waals surface area contributed by atoms with Gasteiger partial charge in [-0.05, 0) is 18.8 Å². The van der Waals surface area contributed by atoms with E-state index in [1.54, 1.807) is 0 Å². The van der Waals surface area contributed by atoms with Crippen LogP contribution in [0.4, 0.5) is 0 Å². The van der Waals surface area contributed by atoms with Crippen molar-refractivity contribution >= 4 is 12.1 Å². The molecule has 0 heterocycles. The largest absolute Gasteiger partial charge is 0.399 e. The van der Waals surface area contributed by atoms with E-state index in [1.165, 1.54) is 12.7 Å². The maximum absolute atomic E-state index is 11.0. The van der Waals surface area contributed by atoms with Gasteiger partial charge in [0.15, 0.2) is 0 Å². The second-order valence-corrected chi connectivity index (χ2v) is 3.19. The van der Waals surface area contributed by atoms with E-state index < -0.39 is 0 Å². The van der Waals surface area contributed by atoms with Gasteiger partial charge in [0.05, 0.1) is 0 Å². The Bertz CT molecular complexity index is 228. The zero-order valence-corrected chi connectivity index (χ0v) is 7.75. The van der Waals surface area contributed by atoms with Gasteiger partial charge in [-0.3, -0.25) is 4.79 Å². The topological polar surface area (TPSA) is 50.7 Å². The summed E-state index contributed by atoms with van der Waals surface area (Å²) in [4.78, 5) is 15.3. The van der Waals surface area contributed by atoms with Crippen molar-refractivity contribution in [2.45, 2.75) is 12.8 Å². The van der Waals surface area contributed by atoms with Gasteiger partial charge in [0.2, 0.25) is 0 Å². The molecule has 0 aromatic rings. The molecule has 1 N–H and O–H groups in total. The Morgan fingerprint density at radius 2 is 2.54 bits per heavy atom. The van der Waals surface area contributed by atoms with Crippen LogP contribution in [0.1, 0.15) is 12.8 Å². The molecule has 1 aliphatic rings. The van der Waals surface area contributed by atoms with E-state index in [9.17, 15) is 4.79 Å². The summed E-state index contributed by atoms with van der Waals surface area (Å²) in [6.07, 6.45) is 3.19. The minimum absolute atomic E-state index is 0.209. The van der Waals surface area contributed by atoms with Crippen LogP contribution in [0.15, 0.2) is 17.3 Å². The van der Waals surface area contributed by atoms with Gasteiger partial charge >= 0.3 is 0 Å². The predicted molar refractivity (Wildman–Crippen MR) is 50.4 cm³/mol. The van der Waals surface area contributed by atoms with Crippen LogP contribution >= 0.6 is 0 Å². The Balaban J connectivity index is 2.08. The molecule has 1 saturated carbocycles. The lowest BCUT2D eigenvalue weighted by Gasteiger charge is -2.27. The molecule has 0 atom stereocenters. The lowest BCUT2D eigenvalue weighted by atomic mass is 9.81. The van der Waals surface area contributed by atoms with Crippen LogP contribution in [0, 0.1) is 5.92 Å². The molecule has 0 bridgehead atoms. The first-order valence-corrected chi connectivity index (χ1v) is 4.23. The fourth-order valence-electron chi connectivity index (χ4n) is 1.29. The van der Waals surface area contributed by atoms with Gasteiger partial charge in [0, 0.05) is 6.54 Å². The van der Waals surface area contributed by atoms with Gasteiger partial charge in [-0.1, -0.05) is 17.3 Å². The maximum atomic E-state index is 11.0. The molecule has 0 aromatic carbocycles. The molecule has 0 aromatic heterocycles. The summed E-state index contributed by atoms with van der Waals surface area (Å²) >= 11 is 0. The zero-order valence-electron chi connectivity index (χ0n) is 7.75. The van der Waals surface area contributed by atoms with Crippen molar-refractivity contribution in [1.29, 1.82) is 0 Å². The van der Waals surface area contributed by atoms with E-state index in [4.69, 9.17) is 0 Å². The van der Waals surface area contributed by atoms with E-state index in [2.05, 4.69) is 21.9 Å². The molecule has 1 fully saturated rings. The summed E-state index contributed by atoms with van der Waals surface area (Å²) < 4.78 is 0. The van der Waals surface area contributed by atoms with Gasteiger partial charge in [-0.2, -0.15) is 0 Å². The van der Waals surface area contributed by atoms with Crippen LogP contribution in [0.3, 0.4) is 0 Å². The van der Waals surface area contributed by atoms with Crippen LogP contribution in [-0.2, 0) is 9.63 Å². The van der Waals surface area contributed by atoms with Crippen molar-refractivity contribution in [3.63, 3.8) is 0 Å². The lowest BCUT2D eigenvalue weighted by molar-refractivity contribution is -0.114. The second kappa shape index (κ2) is 4.64. The highest BCUT2D eigenvalue weighted by molar-refractivity contribution is 6.26. The van der Waals surface area contributed by atoms with Crippen LogP contribution in [-0.4, -0.2) is 25.8 Å². The Morgan fingerprint density at radius 1 is 1.85 bits per heavy atom. The van der Waals surface area contributed by atoms with Crippen LogP contribution < -0.4 is 5.32 Å². The summed E-state index contributed by atoms with van der Waals surface area (Å²) in [5.41, 5.74) is 1.27. The Kier molecular flexibility index (Phi) is 3.49. The highest BCUT2D eigenvalue weighted by Crippen LogP contribution is 2.30. The lowest BCUT2D eigenvalue weighted by Crippen LogP contribution is -2.33. The Morgan fingerprint density at radius 3 is 3.08 bits per heavy atom. The zero-order chi connectivity index (χ0) is 9.68. The molecular weight excluding hydrogens is 168 g/mol. The molecule has 0 radical (unpaired) electrons. The van der Waals surface area contributed by atoms with E-state index in [0.717, 1.165) is 19.1 Å². The van der Waals surface area contributed by atoms with Crippen molar-refractivity contribution in [1.82, 2.24) is 5.32 Å². The number of amides is 1. The average molecular weight is 182 g/mol. The van der Waals surface area contributed by atoms with Crippen molar-refractivity contribution in [2.24, 2.45) is 11.1 Å². The number of allylic oxidation sites excluding steroid dienone is 1. The average Bonchev–Trinajstić information content (AvgIpc) is 2.07. The number of nitrogens with one attached hydrogen (secondary N) is 1. The summed E-state index contributed by atoms with van der Waals surface area (Å²) in [7, 11) is 1.40.